The second-order valence-electron chi connectivity index (χ2n) is 5.42. The number of morpholine rings is 1. The van der Waals surface area contributed by atoms with Gasteiger partial charge in [0.2, 0.25) is 5.95 Å². The minimum atomic E-state index is -4.33. The number of aromatic nitrogens is 2. The van der Waals surface area contributed by atoms with Gasteiger partial charge in [-0.1, -0.05) is 12.1 Å². The Kier molecular flexibility index (Phi) is 4.21. The molecule has 1 aliphatic heterocycles. The van der Waals surface area contributed by atoms with E-state index in [1.165, 1.54) is 12.1 Å². The molecule has 0 N–H and O–H groups in total. The first-order valence-corrected chi connectivity index (χ1v) is 7.27. The summed E-state index contributed by atoms with van der Waals surface area (Å²) >= 11 is 0. The molecule has 0 bridgehead atoms. The largest absolute Gasteiger partial charge is 0.416 e. The average molecular weight is 323 g/mol. The maximum atomic E-state index is 12.6. The fraction of sp³-hybridized carbons (Fsp3) is 0.375. The lowest BCUT2D eigenvalue weighted by Gasteiger charge is -2.33. The number of aryl methyl sites for hydroxylation is 1. The molecule has 3 rings (SSSR count). The van der Waals surface area contributed by atoms with E-state index in [9.17, 15) is 13.2 Å². The first kappa shape index (κ1) is 15.7. The number of benzene rings is 1. The molecule has 0 aliphatic carbocycles. The van der Waals surface area contributed by atoms with Crippen molar-refractivity contribution in [1.29, 1.82) is 0 Å². The van der Waals surface area contributed by atoms with Crippen molar-refractivity contribution in [3.8, 4) is 0 Å². The van der Waals surface area contributed by atoms with Crippen molar-refractivity contribution in [3.05, 3.63) is 53.3 Å². The topological polar surface area (TPSA) is 38.2 Å². The molecule has 0 radical (unpaired) electrons. The van der Waals surface area contributed by atoms with E-state index in [0.29, 0.717) is 25.6 Å². The summed E-state index contributed by atoms with van der Waals surface area (Å²) in [4.78, 5) is 10.6. The number of anilines is 1. The van der Waals surface area contributed by atoms with Crippen LogP contribution in [0, 0.1) is 6.92 Å². The molecular weight excluding hydrogens is 307 g/mol. The highest BCUT2D eigenvalue weighted by Gasteiger charge is 2.31. The molecule has 2 aromatic rings. The van der Waals surface area contributed by atoms with Crippen molar-refractivity contribution >= 4 is 5.95 Å². The molecule has 122 valence electrons. The Bertz CT molecular complexity index is 673. The zero-order chi connectivity index (χ0) is 16.4. The summed E-state index contributed by atoms with van der Waals surface area (Å²) in [7, 11) is 0. The third-order valence-corrected chi connectivity index (χ3v) is 3.74. The van der Waals surface area contributed by atoms with Gasteiger partial charge in [-0.15, -0.1) is 0 Å². The van der Waals surface area contributed by atoms with Crippen molar-refractivity contribution in [1.82, 2.24) is 9.97 Å². The second kappa shape index (κ2) is 6.16. The maximum absolute atomic E-state index is 12.6. The van der Waals surface area contributed by atoms with Gasteiger partial charge in [0.15, 0.2) is 0 Å². The highest BCUT2D eigenvalue weighted by molar-refractivity contribution is 5.33. The molecule has 2 heterocycles. The summed E-state index contributed by atoms with van der Waals surface area (Å²) in [5.74, 6) is 0.616. The average Bonchev–Trinajstić information content (AvgIpc) is 2.54. The lowest BCUT2D eigenvalue weighted by atomic mass is 10.1. The Balaban J connectivity index is 1.76. The van der Waals surface area contributed by atoms with Crippen LogP contribution >= 0.6 is 0 Å². The number of nitrogens with zero attached hydrogens (tertiary/aromatic N) is 3. The van der Waals surface area contributed by atoms with Crippen LogP contribution in [0.15, 0.2) is 36.5 Å². The standard InChI is InChI=1S/C16H16F3N3O/c1-11-6-7-20-15(21-11)22-8-9-23-14(10-22)12-2-4-13(5-3-12)16(17,18)19/h2-7,14H,8-10H2,1H3. The van der Waals surface area contributed by atoms with Crippen molar-refractivity contribution in [3.63, 3.8) is 0 Å². The van der Waals surface area contributed by atoms with Gasteiger partial charge >= 0.3 is 6.18 Å². The molecule has 1 atom stereocenters. The van der Waals surface area contributed by atoms with E-state index in [0.717, 1.165) is 23.4 Å². The third-order valence-electron chi connectivity index (χ3n) is 3.74. The summed E-state index contributed by atoms with van der Waals surface area (Å²) in [6.07, 6.45) is -2.93. The van der Waals surface area contributed by atoms with Crippen LogP contribution in [0.25, 0.3) is 0 Å². The lowest BCUT2D eigenvalue weighted by molar-refractivity contribution is -0.137. The van der Waals surface area contributed by atoms with Crippen molar-refractivity contribution in [2.75, 3.05) is 24.6 Å². The third kappa shape index (κ3) is 3.61. The van der Waals surface area contributed by atoms with Crippen LogP contribution in [-0.4, -0.2) is 29.7 Å². The van der Waals surface area contributed by atoms with Crippen molar-refractivity contribution in [2.45, 2.75) is 19.2 Å². The molecule has 1 fully saturated rings. The van der Waals surface area contributed by atoms with Gasteiger partial charge in [-0.2, -0.15) is 13.2 Å². The van der Waals surface area contributed by atoms with Gasteiger partial charge in [0.05, 0.1) is 18.7 Å². The molecule has 1 aliphatic rings. The smallest absolute Gasteiger partial charge is 0.370 e. The molecule has 0 saturated carbocycles. The van der Waals surface area contributed by atoms with E-state index >= 15 is 0 Å². The lowest BCUT2D eigenvalue weighted by Crippen LogP contribution is -2.39. The van der Waals surface area contributed by atoms with Crippen LogP contribution in [0.5, 0.6) is 0 Å². The maximum Gasteiger partial charge on any atom is 0.416 e. The normalized spacial score (nSPS) is 19.0. The van der Waals surface area contributed by atoms with Gasteiger partial charge in [-0.05, 0) is 30.7 Å². The molecule has 7 heteroatoms. The van der Waals surface area contributed by atoms with Gasteiger partial charge in [0.1, 0.15) is 6.10 Å². The predicted molar refractivity (Wildman–Crippen MR) is 79.1 cm³/mol. The molecule has 0 spiro atoms. The fourth-order valence-corrected chi connectivity index (χ4v) is 2.51. The highest BCUT2D eigenvalue weighted by Crippen LogP contribution is 2.31. The van der Waals surface area contributed by atoms with E-state index < -0.39 is 11.7 Å². The zero-order valence-corrected chi connectivity index (χ0v) is 12.5. The molecule has 1 unspecified atom stereocenters. The number of hydrogen-bond donors (Lipinski definition) is 0. The second-order valence-corrected chi connectivity index (χ2v) is 5.42. The summed E-state index contributed by atoms with van der Waals surface area (Å²) in [5.41, 5.74) is 0.929. The fourth-order valence-electron chi connectivity index (χ4n) is 2.51. The Morgan fingerprint density at radius 3 is 2.57 bits per heavy atom. The van der Waals surface area contributed by atoms with Gasteiger partial charge in [-0.25, -0.2) is 9.97 Å². The van der Waals surface area contributed by atoms with E-state index in [1.807, 2.05) is 17.9 Å². The first-order valence-electron chi connectivity index (χ1n) is 7.27. The quantitative estimate of drug-likeness (QED) is 0.849. The number of ether oxygens (including phenoxy) is 1. The molecule has 0 amide bonds. The zero-order valence-electron chi connectivity index (χ0n) is 12.5. The summed E-state index contributed by atoms with van der Waals surface area (Å²) < 4.78 is 43.6. The molecule has 4 nitrogen and oxygen atoms in total. The SMILES string of the molecule is Cc1ccnc(N2CCOC(c3ccc(C(F)(F)F)cc3)C2)n1. The van der Waals surface area contributed by atoms with Crippen LogP contribution in [0.1, 0.15) is 22.9 Å². The number of alkyl halides is 3. The number of halogens is 3. The van der Waals surface area contributed by atoms with Crippen molar-refractivity contribution in [2.24, 2.45) is 0 Å². The number of hydrogen-bond acceptors (Lipinski definition) is 4. The molecule has 1 saturated heterocycles. The molecule has 1 aromatic heterocycles. The minimum absolute atomic E-state index is 0.296. The van der Waals surface area contributed by atoms with E-state index in [4.69, 9.17) is 4.74 Å². The Morgan fingerprint density at radius 1 is 1.17 bits per heavy atom. The first-order chi connectivity index (χ1) is 10.9. The van der Waals surface area contributed by atoms with Crippen LogP contribution in [0.2, 0.25) is 0 Å². The van der Waals surface area contributed by atoms with Crippen LogP contribution in [0.3, 0.4) is 0 Å². The summed E-state index contributed by atoms with van der Waals surface area (Å²) in [5, 5.41) is 0. The summed E-state index contributed by atoms with van der Waals surface area (Å²) in [6, 6.07) is 6.92. The van der Waals surface area contributed by atoms with Gasteiger partial charge < -0.3 is 9.64 Å². The minimum Gasteiger partial charge on any atom is -0.370 e. The van der Waals surface area contributed by atoms with Gasteiger partial charge in [-0.3, -0.25) is 0 Å². The van der Waals surface area contributed by atoms with Gasteiger partial charge in [0, 0.05) is 18.4 Å². The van der Waals surface area contributed by atoms with Crippen molar-refractivity contribution < 1.29 is 17.9 Å². The highest BCUT2D eigenvalue weighted by atomic mass is 19.4. The van der Waals surface area contributed by atoms with Crippen LogP contribution < -0.4 is 4.90 Å². The van der Waals surface area contributed by atoms with E-state index in [-0.39, 0.29) is 6.10 Å². The van der Waals surface area contributed by atoms with Crippen LogP contribution in [-0.2, 0) is 10.9 Å². The molecule has 1 aromatic carbocycles. The predicted octanol–water partition coefficient (Wildman–Crippen LogP) is 3.38. The summed E-state index contributed by atoms with van der Waals surface area (Å²) in [6.45, 7) is 3.53. The Morgan fingerprint density at radius 2 is 1.91 bits per heavy atom. The molecular formula is C16H16F3N3O. The monoisotopic (exact) mass is 323 g/mol. The van der Waals surface area contributed by atoms with Crippen LogP contribution in [0.4, 0.5) is 19.1 Å². The Hall–Kier alpha value is -2.15. The Labute approximate surface area is 131 Å². The van der Waals surface area contributed by atoms with E-state index in [1.54, 1.807) is 6.20 Å². The number of rotatable bonds is 2. The molecule has 23 heavy (non-hydrogen) atoms. The van der Waals surface area contributed by atoms with Gasteiger partial charge in [0.25, 0.3) is 0 Å². The van der Waals surface area contributed by atoms with E-state index in [2.05, 4.69) is 9.97 Å².